The molecule has 2 N–H and O–H groups in total. The third-order valence-electron chi connectivity index (χ3n) is 4.21. The highest BCUT2D eigenvalue weighted by Crippen LogP contribution is 2.38. The number of nitrogens with one attached hydrogen (secondary N) is 1. The van der Waals surface area contributed by atoms with Gasteiger partial charge in [-0.1, -0.05) is 31.2 Å². The lowest BCUT2D eigenvalue weighted by atomic mass is 9.74. The summed E-state index contributed by atoms with van der Waals surface area (Å²) in [6, 6.07) is 9.85. The van der Waals surface area contributed by atoms with E-state index >= 15 is 0 Å². The summed E-state index contributed by atoms with van der Waals surface area (Å²) in [5.74, 6) is 0.732. The zero-order valence-electron chi connectivity index (χ0n) is 11.5. The number of aliphatic hydroxyl groups is 1. The van der Waals surface area contributed by atoms with Gasteiger partial charge in [0.1, 0.15) is 0 Å². The number of rotatable bonds is 6. The molecule has 0 spiro atoms. The lowest BCUT2D eigenvalue weighted by molar-refractivity contribution is 0.220. The molecule has 0 bridgehead atoms. The van der Waals surface area contributed by atoms with Crippen LogP contribution in [0.2, 0.25) is 0 Å². The Balaban J connectivity index is 1.82. The molecule has 18 heavy (non-hydrogen) atoms. The molecule has 100 valence electrons. The molecule has 2 heteroatoms. The Morgan fingerprint density at radius 3 is 2.67 bits per heavy atom. The molecule has 1 aliphatic carbocycles. The first-order chi connectivity index (χ1) is 8.74. The Bertz CT molecular complexity index is 371. The molecule has 0 saturated heterocycles. The standard InChI is InChI=1S/C16H25NO/c1-3-14(8-9-18)17-15-10-13(11-15)16-7-5-4-6-12(16)2/h4-7,13-15,17-18H,3,8-11H2,1-2H3. The van der Waals surface area contributed by atoms with Crippen molar-refractivity contribution in [1.29, 1.82) is 0 Å². The highest BCUT2D eigenvalue weighted by molar-refractivity contribution is 5.31. The first kappa shape index (κ1) is 13.6. The number of hydrogen-bond donors (Lipinski definition) is 2. The van der Waals surface area contributed by atoms with Gasteiger partial charge in [0.15, 0.2) is 0 Å². The van der Waals surface area contributed by atoms with E-state index in [1.165, 1.54) is 24.0 Å². The molecule has 0 aromatic heterocycles. The van der Waals surface area contributed by atoms with Crippen molar-refractivity contribution in [2.75, 3.05) is 6.61 Å². The minimum absolute atomic E-state index is 0.291. The van der Waals surface area contributed by atoms with Crippen LogP contribution in [0.5, 0.6) is 0 Å². The maximum Gasteiger partial charge on any atom is 0.0445 e. The second-order valence-corrected chi connectivity index (χ2v) is 5.51. The second-order valence-electron chi connectivity index (χ2n) is 5.51. The Kier molecular flexibility index (Phi) is 4.79. The van der Waals surface area contributed by atoms with Gasteiger partial charge in [0.2, 0.25) is 0 Å². The van der Waals surface area contributed by atoms with Crippen molar-refractivity contribution in [1.82, 2.24) is 5.32 Å². The molecule has 0 heterocycles. The third kappa shape index (κ3) is 3.12. The van der Waals surface area contributed by atoms with Crippen molar-refractivity contribution in [2.24, 2.45) is 0 Å². The van der Waals surface area contributed by atoms with Crippen molar-refractivity contribution < 1.29 is 5.11 Å². The van der Waals surface area contributed by atoms with Crippen LogP contribution in [0.15, 0.2) is 24.3 Å². The van der Waals surface area contributed by atoms with Crippen LogP contribution in [0.4, 0.5) is 0 Å². The minimum atomic E-state index is 0.291. The highest BCUT2D eigenvalue weighted by atomic mass is 16.3. The largest absolute Gasteiger partial charge is 0.396 e. The number of hydrogen-bond acceptors (Lipinski definition) is 2. The van der Waals surface area contributed by atoms with Crippen molar-refractivity contribution in [2.45, 2.75) is 57.5 Å². The van der Waals surface area contributed by atoms with Gasteiger partial charge in [-0.2, -0.15) is 0 Å². The maximum atomic E-state index is 9.00. The van der Waals surface area contributed by atoms with E-state index in [0.29, 0.717) is 18.7 Å². The smallest absolute Gasteiger partial charge is 0.0445 e. The molecule has 1 saturated carbocycles. The molecule has 0 amide bonds. The Morgan fingerprint density at radius 1 is 1.33 bits per heavy atom. The second kappa shape index (κ2) is 6.35. The van der Waals surface area contributed by atoms with Crippen LogP contribution in [0.3, 0.4) is 0 Å². The summed E-state index contributed by atoms with van der Waals surface area (Å²) in [7, 11) is 0. The Hall–Kier alpha value is -0.860. The predicted octanol–water partition coefficient (Wildman–Crippen LogP) is 2.99. The van der Waals surface area contributed by atoms with Gasteiger partial charge < -0.3 is 10.4 Å². The first-order valence-electron chi connectivity index (χ1n) is 7.17. The van der Waals surface area contributed by atoms with Crippen LogP contribution in [0.25, 0.3) is 0 Å². The highest BCUT2D eigenvalue weighted by Gasteiger charge is 2.31. The molecule has 1 aromatic rings. The molecule has 1 fully saturated rings. The molecule has 0 aliphatic heterocycles. The van der Waals surface area contributed by atoms with E-state index in [0.717, 1.165) is 18.8 Å². The fourth-order valence-corrected chi connectivity index (χ4v) is 2.95. The molecule has 1 unspecified atom stereocenters. The van der Waals surface area contributed by atoms with E-state index in [2.05, 4.69) is 43.4 Å². The topological polar surface area (TPSA) is 32.3 Å². The average Bonchev–Trinajstić information content (AvgIpc) is 2.33. The summed E-state index contributed by atoms with van der Waals surface area (Å²) in [5.41, 5.74) is 2.94. The van der Waals surface area contributed by atoms with Crippen molar-refractivity contribution in [3.8, 4) is 0 Å². The summed E-state index contributed by atoms with van der Waals surface area (Å²) < 4.78 is 0. The van der Waals surface area contributed by atoms with Crippen molar-refractivity contribution >= 4 is 0 Å². The van der Waals surface area contributed by atoms with Crippen LogP contribution in [-0.2, 0) is 0 Å². The molecular weight excluding hydrogens is 222 g/mol. The zero-order valence-corrected chi connectivity index (χ0v) is 11.5. The summed E-state index contributed by atoms with van der Waals surface area (Å²) >= 11 is 0. The average molecular weight is 247 g/mol. The molecule has 0 radical (unpaired) electrons. The minimum Gasteiger partial charge on any atom is -0.396 e. The molecule has 1 aliphatic rings. The van der Waals surface area contributed by atoms with Gasteiger partial charge in [0, 0.05) is 18.7 Å². The normalized spacial score (nSPS) is 24.6. The van der Waals surface area contributed by atoms with Gasteiger partial charge in [-0.25, -0.2) is 0 Å². The summed E-state index contributed by atoms with van der Waals surface area (Å²) in [6.07, 6.45) is 4.47. The quantitative estimate of drug-likeness (QED) is 0.810. The van der Waals surface area contributed by atoms with E-state index in [4.69, 9.17) is 5.11 Å². The summed E-state index contributed by atoms with van der Waals surface area (Å²) in [4.78, 5) is 0. The third-order valence-corrected chi connectivity index (χ3v) is 4.21. The van der Waals surface area contributed by atoms with Gasteiger partial charge in [-0.15, -0.1) is 0 Å². The van der Waals surface area contributed by atoms with E-state index in [9.17, 15) is 0 Å². The number of benzene rings is 1. The van der Waals surface area contributed by atoms with Crippen LogP contribution >= 0.6 is 0 Å². The van der Waals surface area contributed by atoms with E-state index < -0.39 is 0 Å². The molecule has 1 atom stereocenters. The monoisotopic (exact) mass is 247 g/mol. The summed E-state index contributed by atoms with van der Waals surface area (Å²) in [5, 5.41) is 12.7. The molecular formula is C16H25NO. The molecule has 2 rings (SSSR count). The van der Waals surface area contributed by atoms with E-state index in [-0.39, 0.29) is 0 Å². The maximum absolute atomic E-state index is 9.00. The Morgan fingerprint density at radius 2 is 2.06 bits per heavy atom. The van der Waals surface area contributed by atoms with Gasteiger partial charge in [-0.3, -0.25) is 0 Å². The van der Waals surface area contributed by atoms with Gasteiger partial charge in [0.25, 0.3) is 0 Å². The molecule has 1 aromatic carbocycles. The van der Waals surface area contributed by atoms with Gasteiger partial charge in [0.05, 0.1) is 0 Å². The SMILES string of the molecule is CCC(CCO)NC1CC(c2ccccc2C)C1. The van der Waals surface area contributed by atoms with Crippen LogP contribution in [0, 0.1) is 6.92 Å². The fraction of sp³-hybridized carbons (Fsp3) is 0.625. The van der Waals surface area contributed by atoms with E-state index in [1.807, 2.05) is 0 Å². The fourth-order valence-electron chi connectivity index (χ4n) is 2.95. The van der Waals surface area contributed by atoms with Crippen molar-refractivity contribution in [3.05, 3.63) is 35.4 Å². The van der Waals surface area contributed by atoms with E-state index in [1.54, 1.807) is 0 Å². The van der Waals surface area contributed by atoms with Gasteiger partial charge in [-0.05, 0) is 49.7 Å². The number of aryl methyl sites for hydroxylation is 1. The zero-order chi connectivity index (χ0) is 13.0. The first-order valence-corrected chi connectivity index (χ1v) is 7.17. The van der Waals surface area contributed by atoms with Crippen LogP contribution in [-0.4, -0.2) is 23.8 Å². The van der Waals surface area contributed by atoms with Crippen molar-refractivity contribution in [3.63, 3.8) is 0 Å². The lowest BCUT2D eigenvalue weighted by Gasteiger charge is -2.39. The van der Waals surface area contributed by atoms with Crippen LogP contribution < -0.4 is 5.32 Å². The molecule has 2 nitrogen and oxygen atoms in total. The lowest BCUT2D eigenvalue weighted by Crippen LogP contribution is -2.45. The Labute approximate surface area is 110 Å². The summed E-state index contributed by atoms with van der Waals surface area (Å²) in [6.45, 7) is 4.68. The van der Waals surface area contributed by atoms with Gasteiger partial charge >= 0.3 is 0 Å². The van der Waals surface area contributed by atoms with Crippen LogP contribution in [0.1, 0.15) is 49.7 Å². The number of aliphatic hydroxyl groups excluding tert-OH is 1. The predicted molar refractivity (Wildman–Crippen MR) is 75.9 cm³/mol.